The third-order valence-corrected chi connectivity index (χ3v) is 1.75. The first kappa shape index (κ1) is 13.0. The molecule has 92 valence electrons. The number of carbonyl (C=O) groups excluding carboxylic acids is 2. The van der Waals surface area contributed by atoms with Gasteiger partial charge in [0.25, 0.3) is 0 Å². The lowest BCUT2D eigenvalue weighted by atomic mass is 10.3. The van der Waals surface area contributed by atoms with Gasteiger partial charge in [-0.2, -0.15) is 0 Å². The summed E-state index contributed by atoms with van der Waals surface area (Å²) in [5.74, 6) is -0.0654. The number of aliphatic hydroxyl groups is 1. The molecule has 3 N–H and O–H groups in total. The van der Waals surface area contributed by atoms with Crippen LogP contribution in [-0.2, 0) is 4.79 Å². The molecule has 0 radical (unpaired) electrons. The Morgan fingerprint density at radius 2 is 2.18 bits per heavy atom. The largest absolute Gasteiger partial charge is 0.427 e. The van der Waals surface area contributed by atoms with Gasteiger partial charge in [0.15, 0.2) is 0 Å². The summed E-state index contributed by atoms with van der Waals surface area (Å²) in [6.07, 6.45) is 0. The Balaban J connectivity index is 2.59. The molecule has 0 spiro atoms. The Hall–Kier alpha value is -2.08. The van der Waals surface area contributed by atoms with Crippen LogP contribution in [0.15, 0.2) is 24.3 Å². The number of ether oxygens (including phenoxy) is 1. The zero-order valence-corrected chi connectivity index (χ0v) is 9.40. The molecule has 6 nitrogen and oxygen atoms in total. The number of benzene rings is 1. The Morgan fingerprint density at radius 1 is 1.41 bits per heavy atom. The monoisotopic (exact) mass is 238 g/mol. The van der Waals surface area contributed by atoms with Gasteiger partial charge in [0.05, 0.1) is 6.61 Å². The molecule has 17 heavy (non-hydrogen) atoms. The van der Waals surface area contributed by atoms with Gasteiger partial charge in [-0.15, -0.1) is 0 Å². The number of hydrogen-bond acceptors (Lipinski definition) is 4. The predicted octanol–water partition coefficient (Wildman–Crippen LogP) is 0.726. The van der Waals surface area contributed by atoms with Crippen LogP contribution in [0.3, 0.4) is 0 Å². The quantitative estimate of drug-likeness (QED) is 0.533. The van der Waals surface area contributed by atoms with Gasteiger partial charge in [0.2, 0.25) is 0 Å². The molecular weight excluding hydrogens is 224 g/mol. The molecule has 0 aliphatic rings. The summed E-state index contributed by atoms with van der Waals surface area (Å²) in [4.78, 5) is 22.0. The molecule has 0 aromatic heterocycles. The molecule has 0 bridgehead atoms. The van der Waals surface area contributed by atoms with Gasteiger partial charge >= 0.3 is 12.0 Å². The number of hydrogen-bond donors (Lipinski definition) is 3. The second-order valence-electron chi connectivity index (χ2n) is 3.23. The SMILES string of the molecule is CC(=O)Oc1cccc(NC(=O)NCCO)c1. The maximum absolute atomic E-state index is 11.3. The van der Waals surface area contributed by atoms with Crippen LogP contribution in [-0.4, -0.2) is 30.3 Å². The van der Waals surface area contributed by atoms with Crippen LogP contribution in [0.4, 0.5) is 10.5 Å². The van der Waals surface area contributed by atoms with Gasteiger partial charge in [-0.25, -0.2) is 4.79 Å². The van der Waals surface area contributed by atoms with Crippen molar-refractivity contribution in [1.29, 1.82) is 0 Å². The first-order valence-electron chi connectivity index (χ1n) is 5.06. The topological polar surface area (TPSA) is 87.7 Å². The van der Waals surface area contributed by atoms with Crippen LogP contribution in [0.5, 0.6) is 5.75 Å². The van der Waals surface area contributed by atoms with Crippen molar-refractivity contribution in [2.75, 3.05) is 18.5 Å². The van der Waals surface area contributed by atoms with Crippen molar-refractivity contribution in [2.24, 2.45) is 0 Å². The van der Waals surface area contributed by atoms with Gasteiger partial charge in [-0.3, -0.25) is 4.79 Å². The molecule has 1 rings (SSSR count). The number of anilines is 1. The molecule has 0 saturated carbocycles. The maximum Gasteiger partial charge on any atom is 0.319 e. The minimum Gasteiger partial charge on any atom is -0.427 e. The Morgan fingerprint density at radius 3 is 2.82 bits per heavy atom. The fourth-order valence-corrected chi connectivity index (χ4v) is 1.15. The third kappa shape index (κ3) is 4.98. The van der Waals surface area contributed by atoms with Crippen LogP contribution in [0.25, 0.3) is 0 Å². The van der Waals surface area contributed by atoms with Gasteiger partial charge in [-0.05, 0) is 12.1 Å². The lowest BCUT2D eigenvalue weighted by Crippen LogP contribution is -2.30. The minimum atomic E-state index is -0.431. The number of esters is 1. The lowest BCUT2D eigenvalue weighted by Gasteiger charge is -2.07. The van der Waals surface area contributed by atoms with Crippen LogP contribution >= 0.6 is 0 Å². The molecule has 0 fully saturated rings. The summed E-state index contributed by atoms with van der Waals surface area (Å²) >= 11 is 0. The van der Waals surface area contributed by atoms with E-state index < -0.39 is 12.0 Å². The van der Waals surface area contributed by atoms with Crippen LogP contribution in [0.1, 0.15) is 6.92 Å². The maximum atomic E-state index is 11.3. The van der Waals surface area contributed by atoms with E-state index in [1.54, 1.807) is 18.2 Å². The first-order valence-corrected chi connectivity index (χ1v) is 5.06. The third-order valence-electron chi connectivity index (χ3n) is 1.75. The number of aliphatic hydroxyl groups excluding tert-OH is 1. The fraction of sp³-hybridized carbons (Fsp3) is 0.273. The number of carbonyl (C=O) groups is 2. The van der Waals surface area contributed by atoms with E-state index in [4.69, 9.17) is 9.84 Å². The van der Waals surface area contributed by atoms with Crippen molar-refractivity contribution >= 4 is 17.7 Å². The zero-order valence-electron chi connectivity index (χ0n) is 9.40. The highest BCUT2D eigenvalue weighted by Crippen LogP contribution is 2.17. The van der Waals surface area contributed by atoms with Crippen molar-refractivity contribution < 1.29 is 19.4 Å². The van der Waals surface area contributed by atoms with E-state index in [-0.39, 0.29) is 13.2 Å². The highest BCUT2D eigenvalue weighted by atomic mass is 16.5. The Bertz CT molecular complexity index is 406. The number of rotatable bonds is 4. The fourth-order valence-electron chi connectivity index (χ4n) is 1.15. The summed E-state index contributed by atoms with van der Waals surface area (Å²) in [7, 11) is 0. The normalized spacial score (nSPS) is 9.53. The minimum absolute atomic E-state index is 0.124. The summed E-state index contributed by atoms with van der Waals surface area (Å²) < 4.78 is 4.87. The van der Waals surface area contributed by atoms with E-state index in [0.29, 0.717) is 11.4 Å². The van der Waals surface area contributed by atoms with E-state index >= 15 is 0 Å². The molecule has 0 unspecified atom stereocenters. The smallest absolute Gasteiger partial charge is 0.319 e. The van der Waals surface area contributed by atoms with Crippen molar-refractivity contribution in [1.82, 2.24) is 5.32 Å². The van der Waals surface area contributed by atoms with Crippen LogP contribution in [0.2, 0.25) is 0 Å². The standard InChI is InChI=1S/C11H14N2O4/c1-8(15)17-10-4-2-3-9(7-10)13-11(16)12-5-6-14/h2-4,7,14H,5-6H2,1H3,(H2,12,13,16). The summed E-state index contributed by atoms with van der Waals surface area (Å²) in [5.41, 5.74) is 0.499. The molecule has 1 aromatic carbocycles. The Kier molecular flexibility index (Phi) is 4.96. The molecule has 1 aromatic rings. The number of amides is 2. The zero-order chi connectivity index (χ0) is 12.7. The van der Waals surface area contributed by atoms with Crippen molar-refractivity contribution in [3.05, 3.63) is 24.3 Å². The molecular formula is C11H14N2O4. The molecule has 0 aliphatic carbocycles. The van der Waals surface area contributed by atoms with Gasteiger partial charge in [0, 0.05) is 25.2 Å². The summed E-state index contributed by atoms with van der Waals surface area (Å²) in [5, 5.41) is 13.5. The molecule has 0 atom stereocenters. The molecule has 0 heterocycles. The average Bonchev–Trinajstić information content (AvgIpc) is 2.26. The predicted molar refractivity (Wildman–Crippen MR) is 61.9 cm³/mol. The van der Waals surface area contributed by atoms with Gasteiger partial charge in [0.1, 0.15) is 5.75 Å². The van der Waals surface area contributed by atoms with E-state index in [9.17, 15) is 9.59 Å². The van der Waals surface area contributed by atoms with Crippen molar-refractivity contribution in [3.8, 4) is 5.75 Å². The van der Waals surface area contributed by atoms with E-state index in [0.717, 1.165) is 0 Å². The van der Waals surface area contributed by atoms with Crippen molar-refractivity contribution in [2.45, 2.75) is 6.92 Å². The molecule has 2 amide bonds. The van der Waals surface area contributed by atoms with Gasteiger partial charge in [-0.1, -0.05) is 6.07 Å². The van der Waals surface area contributed by atoms with Crippen LogP contribution in [0, 0.1) is 0 Å². The molecule has 0 saturated heterocycles. The average molecular weight is 238 g/mol. The number of nitrogens with one attached hydrogen (secondary N) is 2. The summed E-state index contributed by atoms with van der Waals surface area (Å²) in [6, 6.07) is 6.02. The lowest BCUT2D eigenvalue weighted by molar-refractivity contribution is -0.131. The van der Waals surface area contributed by atoms with E-state index in [1.807, 2.05) is 0 Å². The van der Waals surface area contributed by atoms with Crippen molar-refractivity contribution in [3.63, 3.8) is 0 Å². The number of urea groups is 1. The first-order chi connectivity index (χ1) is 8.11. The Labute approximate surface area is 98.6 Å². The molecule has 0 aliphatic heterocycles. The van der Waals surface area contributed by atoms with E-state index in [1.165, 1.54) is 13.0 Å². The highest BCUT2D eigenvalue weighted by molar-refractivity contribution is 5.89. The second-order valence-corrected chi connectivity index (χ2v) is 3.23. The summed E-state index contributed by atoms with van der Waals surface area (Å²) in [6.45, 7) is 1.35. The van der Waals surface area contributed by atoms with Crippen LogP contribution < -0.4 is 15.4 Å². The molecule has 6 heteroatoms. The second kappa shape index (κ2) is 6.49. The highest BCUT2D eigenvalue weighted by Gasteiger charge is 2.03. The van der Waals surface area contributed by atoms with Gasteiger partial charge < -0.3 is 20.5 Å². The van der Waals surface area contributed by atoms with E-state index in [2.05, 4.69) is 10.6 Å².